The van der Waals surface area contributed by atoms with E-state index >= 15 is 0 Å². The number of piperidine rings is 1. The summed E-state index contributed by atoms with van der Waals surface area (Å²) < 4.78 is 2.25. The van der Waals surface area contributed by atoms with Crippen molar-refractivity contribution in [2.45, 2.75) is 32.2 Å². The van der Waals surface area contributed by atoms with Gasteiger partial charge in [0.15, 0.2) is 0 Å². The van der Waals surface area contributed by atoms with Crippen LogP contribution >= 0.6 is 0 Å². The van der Waals surface area contributed by atoms with Gasteiger partial charge in [-0.15, -0.1) is 0 Å². The van der Waals surface area contributed by atoms with E-state index in [2.05, 4.69) is 49.7 Å². The third kappa shape index (κ3) is 3.40. The Morgan fingerprint density at radius 1 is 1.04 bits per heavy atom. The number of imidazole rings is 1. The minimum Gasteiger partial charge on any atom is -0.371 e. The fourth-order valence-electron chi connectivity index (χ4n) is 3.68. The van der Waals surface area contributed by atoms with E-state index in [1.54, 1.807) is 0 Å². The molecule has 0 aromatic carbocycles. The van der Waals surface area contributed by atoms with Crippen molar-refractivity contribution in [1.82, 2.24) is 19.5 Å². The summed E-state index contributed by atoms with van der Waals surface area (Å²) in [6, 6.07) is 8.18. The molecule has 1 aliphatic rings. The Morgan fingerprint density at radius 3 is 2.68 bits per heavy atom. The van der Waals surface area contributed by atoms with Crippen LogP contribution in [-0.4, -0.2) is 32.6 Å². The highest BCUT2D eigenvalue weighted by Gasteiger charge is 2.24. The number of aryl methyl sites for hydroxylation is 1. The first kappa shape index (κ1) is 15.8. The molecule has 128 valence electrons. The van der Waals surface area contributed by atoms with Crippen LogP contribution in [-0.2, 0) is 6.54 Å². The Morgan fingerprint density at radius 2 is 1.92 bits per heavy atom. The van der Waals surface area contributed by atoms with Crippen LogP contribution in [0.5, 0.6) is 0 Å². The maximum absolute atomic E-state index is 4.66. The maximum Gasteiger partial charge on any atom is 0.112 e. The van der Waals surface area contributed by atoms with E-state index in [0.29, 0.717) is 5.92 Å². The number of aromatic nitrogens is 4. The van der Waals surface area contributed by atoms with Gasteiger partial charge < -0.3 is 9.47 Å². The molecule has 1 fully saturated rings. The average Bonchev–Trinajstić information content (AvgIpc) is 3.11. The molecule has 5 heteroatoms. The Kier molecular flexibility index (Phi) is 4.46. The summed E-state index contributed by atoms with van der Waals surface area (Å²) in [5, 5.41) is 0. The van der Waals surface area contributed by atoms with Crippen molar-refractivity contribution in [2.75, 3.05) is 18.0 Å². The van der Waals surface area contributed by atoms with Crippen LogP contribution in [0.25, 0.3) is 0 Å². The molecule has 0 radical (unpaired) electrons. The van der Waals surface area contributed by atoms with E-state index < -0.39 is 0 Å². The third-order valence-electron chi connectivity index (χ3n) is 5.00. The molecule has 5 nitrogen and oxygen atoms in total. The van der Waals surface area contributed by atoms with Crippen LogP contribution in [0.2, 0.25) is 0 Å². The zero-order chi connectivity index (χ0) is 17.1. The Balaban J connectivity index is 1.45. The van der Waals surface area contributed by atoms with Gasteiger partial charge in [-0.1, -0.05) is 6.07 Å². The fourth-order valence-corrected chi connectivity index (χ4v) is 3.68. The number of rotatable bonds is 4. The van der Waals surface area contributed by atoms with Crippen LogP contribution in [0, 0.1) is 6.92 Å². The maximum atomic E-state index is 4.66. The van der Waals surface area contributed by atoms with Crippen molar-refractivity contribution in [3.8, 4) is 0 Å². The predicted molar refractivity (Wildman–Crippen MR) is 98.7 cm³/mol. The monoisotopic (exact) mass is 333 g/mol. The van der Waals surface area contributed by atoms with Crippen molar-refractivity contribution < 1.29 is 0 Å². The van der Waals surface area contributed by atoms with E-state index in [4.69, 9.17) is 0 Å². The van der Waals surface area contributed by atoms with Crippen molar-refractivity contribution in [3.63, 3.8) is 0 Å². The van der Waals surface area contributed by atoms with Crippen molar-refractivity contribution in [2.24, 2.45) is 0 Å². The molecule has 3 aromatic rings. The Bertz CT molecular complexity index is 819. The lowest BCUT2D eigenvalue weighted by atomic mass is 9.95. The SMILES string of the molecule is Cc1cnccc1N1CCC(c2nccn2Cc2ccccn2)CC1. The smallest absolute Gasteiger partial charge is 0.112 e. The number of nitrogens with zero attached hydrogens (tertiary/aromatic N) is 5. The highest BCUT2D eigenvalue weighted by Crippen LogP contribution is 2.30. The number of anilines is 1. The second-order valence-corrected chi connectivity index (χ2v) is 6.66. The van der Waals surface area contributed by atoms with Gasteiger partial charge in [-0.2, -0.15) is 0 Å². The van der Waals surface area contributed by atoms with Crippen LogP contribution in [0.4, 0.5) is 5.69 Å². The summed E-state index contributed by atoms with van der Waals surface area (Å²) in [5.74, 6) is 1.70. The lowest BCUT2D eigenvalue weighted by Crippen LogP contribution is -2.34. The number of hydrogen-bond donors (Lipinski definition) is 0. The highest BCUT2D eigenvalue weighted by molar-refractivity contribution is 5.51. The first-order valence-corrected chi connectivity index (χ1v) is 8.88. The Labute approximate surface area is 148 Å². The molecule has 4 heterocycles. The molecule has 4 rings (SSSR count). The fraction of sp³-hybridized carbons (Fsp3) is 0.350. The van der Waals surface area contributed by atoms with E-state index in [0.717, 1.165) is 38.2 Å². The van der Waals surface area contributed by atoms with Crippen LogP contribution in [0.3, 0.4) is 0 Å². The minimum absolute atomic E-state index is 0.511. The third-order valence-corrected chi connectivity index (χ3v) is 5.00. The predicted octanol–water partition coefficient (Wildman–Crippen LogP) is 3.41. The van der Waals surface area contributed by atoms with Crippen LogP contribution in [0.1, 0.15) is 35.8 Å². The molecule has 0 N–H and O–H groups in total. The van der Waals surface area contributed by atoms with E-state index in [9.17, 15) is 0 Å². The topological polar surface area (TPSA) is 46.8 Å². The second kappa shape index (κ2) is 7.05. The van der Waals surface area contributed by atoms with Gasteiger partial charge in [-0.25, -0.2) is 4.98 Å². The summed E-state index contributed by atoms with van der Waals surface area (Å²) in [4.78, 5) is 15.8. The summed E-state index contributed by atoms with van der Waals surface area (Å²) in [6.07, 6.45) is 11.9. The minimum atomic E-state index is 0.511. The largest absolute Gasteiger partial charge is 0.371 e. The molecule has 0 unspecified atom stereocenters. The van der Waals surface area contributed by atoms with Gasteiger partial charge in [0.05, 0.1) is 12.2 Å². The second-order valence-electron chi connectivity index (χ2n) is 6.66. The van der Waals surface area contributed by atoms with Gasteiger partial charge in [-0.3, -0.25) is 9.97 Å². The zero-order valence-corrected chi connectivity index (χ0v) is 14.5. The van der Waals surface area contributed by atoms with E-state index in [1.165, 1.54) is 17.1 Å². The standard InChI is InChI=1S/C20H23N5/c1-16-14-21-9-5-19(16)24-11-6-17(7-12-24)20-23-10-13-25(20)15-18-4-2-3-8-22-18/h2-5,8-10,13-14,17H,6-7,11-12,15H2,1H3. The summed E-state index contributed by atoms with van der Waals surface area (Å²) in [7, 11) is 0. The molecule has 1 saturated heterocycles. The molecule has 1 aliphatic heterocycles. The van der Waals surface area contributed by atoms with Crippen molar-refractivity contribution in [1.29, 1.82) is 0 Å². The quantitative estimate of drug-likeness (QED) is 0.734. The highest BCUT2D eigenvalue weighted by atomic mass is 15.1. The normalized spacial score (nSPS) is 15.5. The van der Waals surface area contributed by atoms with E-state index in [-0.39, 0.29) is 0 Å². The van der Waals surface area contributed by atoms with Gasteiger partial charge in [0.25, 0.3) is 0 Å². The van der Waals surface area contributed by atoms with Gasteiger partial charge in [0.1, 0.15) is 5.82 Å². The molecule has 0 saturated carbocycles. The van der Waals surface area contributed by atoms with Gasteiger partial charge in [-0.05, 0) is 43.5 Å². The molecule has 3 aromatic heterocycles. The average molecular weight is 333 g/mol. The van der Waals surface area contributed by atoms with Crippen LogP contribution < -0.4 is 4.90 Å². The lowest BCUT2D eigenvalue weighted by Gasteiger charge is -2.34. The molecule has 0 spiro atoms. The van der Waals surface area contributed by atoms with E-state index in [1.807, 2.05) is 36.9 Å². The van der Waals surface area contributed by atoms with Gasteiger partial charge in [0, 0.05) is 55.7 Å². The van der Waals surface area contributed by atoms with Crippen molar-refractivity contribution in [3.05, 3.63) is 72.3 Å². The molecule has 0 atom stereocenters. The van der Waals surface area contributed by atoms with Gasteiger partial charge in [0.2, 0.25) is 0 Å². The summed E-state index contributed by atoms with van der Waals surface area (Å²) in [5.41, 5.74) is 3.63. The molecule has 0 amide bonds. The summed E-state index contributed by atoms with van der Waals surface area (Å²) >= 11 is 0. The number of pyridine rings is 2. The molecular weight excluding hydrogens is 310 g/mol. The molecular formula is C20H23N5. The molecule has 0 aliphatic carbocycles. The molecule has 0 bridgehead atoms. The summed E-state index contributed by atoms with van der Waals surface area (Å²) in [6.45, 7) is 5.05. The van der Waals surface area contributed by atoms with Gasteiger partial charge >= 0.3 is 0 Å². The zero-order valence-electron chi connectivity index (χ0n) is 14.5. The van der Waals surface area contributed by atoms with Crippen LogP contribution in [0.15, 0.2) is 55.2 Å². The number of hydrogen-bond acceptors (Lipinski definition) is 4. The lowest BCUT2D eigenvalue weighted by molar-refractivity contribution is 0.469. The Hall–Kier alpha value is -2.69. The van der Waals surface area contributed by atoms with Crippen molar-refractivity contribution >= 4 is 5.69 Å². The first-order valence-electron chi connectivity index (χ1n) is 8.88. The molecule has 25 heavy (non-hydrogen) atoms. The first-order chi connectivity index (χ1) is 12.3.